The molecule has 0 heterocycles. The molecule has 0 aromatic heterocycles. The summed E-state index contributed by atoms with van der Waals surface area (Å²) in [6, 6.07) is 11.4. The van der Waals surface area contributed by atoms with Crippen LogP contribution in [0, 0.1) is 5.92 Å². The second kappa shape index (κ2) is 9.41. The Morgan fingerprint density at radius 3 is 2.31 bits per heavy atom. The van der Waals surface area contributed by atoms with Crippen molar-refractivity contribution in [2.45, 2.75) is 43.9 Å². The summed E-state index contributed by atoms with van der Waals surface area (Å²) in [5.41, 5.74) is -0.238. The molecule has 29 heavy (non-hydrogen) atoms. The Kier molecular flexibility index (Phi) is 7.43. The molecule has 2 aromatic carbocycles. The summed E-state index contributed by atoms with van der Waals surface area (Å²) >= 11 is 0. The van der Waals surface area contributed by atoms with Crippen LogP contribution in [0.2, 0.25) is 0 Å². The van der Waals surface area contributed by atoms with E-state index in [1.807, 2.05) is 30.3 Å². The first-order valence-corrected chi connectivity index (χ1v) is 10.5. The van der Waals surface area contributed by atoms with E-state index in [-0.39, 0.29) is 12.5 Å². The van der Waals surface area contributed by atoms with E-state index in [4.69, 9.17) is 0 Å². The van der Waals surface area contributed by atoms with Gasteiger partial charge in [-0.05, 0) is 29.7 Å². The third kappa shape index (κ3) is 6.30. The summed E-state index contributed by atoms with van der Waals surface area (Å²) in [6.07, 6.45) is -4.18. The molecular formula is C20H23F3N2O3S. The van der Waals surface area contributed by atoms with Crippen LogP contribution in [0.1, 0.15) is 31.4 Å². The van der Waals surface area contributed by atoms with Gasteiger partial charge in [-0.25, -0.2) is 8.42 Å². The van der Waals surface area contributed by atoms with Gasteiger partial charge in [-0.1, -0.05) is 56.7 Å². The van der Waals surface area contributed by atoms with Gasteiger partial charge in [-0.15, -0.1) is 0 Å². The number of carbonyl (C=O) groups is 1. The number of benzene rings is 2. The molecule has 9 heteroatoms. The van der Waals surface area contributed by atoms with Gasteiger partial charge in [-0.2, -0.15) is 17.9 Å². The highest BCUT2D eigenvalue weighted by Gasteiger charge is 2.33. The number of halogens is 3. The second-order valence-electron chi connectivity index (χ2n) is 6.71. The summed E-state index contributed by atoms with van der Waals surface area (Å²) in [5, 5.41) is 2.68. The molecule has 0 aliphatic heterocycles. The largest absolute Gasteiger partial charge is 0.416 e. The lowest BCUT2D eigenvalue weighted by molar-refractivity contribution is -0.137. The Morgan fingerprint density at radius 2 is 1.72 bits per heavy atom. The van der Waals surface area contributed by atoms with E-state index in [2.05, 4.69) is 10.0 Å². The third-order valence-electron chi connectivity index (χ3n) is 4.56. The molecular weight excluding hydrogens is 405 g/mol. The number of hydrogen-bond acceptors (Lipinski definition) is 3. The first-order chi connectivity index (χ1) is 13.5. The Balaban J connectivity index is 2.21. The molecule has 2 aromatic rings. The van der Waals surface area contributed by atoms with Crippen molar-refractivity contribution in [3.8, 4) is 0 Å². The zero-order valence-electron chi connectivity index (χ0n) is 16.0. The standard InChI is InChI=1S/C20H23F3N2O3S/c1-3-14(2)18(19(26)24-13-15-8-5-4-6-9-15)25-29(27,28)17-11-7-10-16(12-17)20(21,22)23/h4-12,14,18,25H,3,13H2,1-2H3,(H,24,26)/t14-,18-/m1/s1. The van der Waals surface area contributed by atoms with E-state index in [0.717, 1.165) is 23.8 Å². The van der Waals surface area contributed by atoms with E-state index in [9.17, 15) is 26.4 Å². The average Bonchev–Trinajstić information content (AvgIpc) is 2.70. The number of sulfonamides is 1. The lowest BCUT2D eigenvalue weighted by Crippen LogP contribution is -2.49. The van der Waals surface area contributed by atoms with Gasteiger partial charge >= 0.3 is 6.18 Å². The minimum atomic E-state index is -4.67. The Labute approximate surface area is 168 Å². The normalized spacial score (nSPS) is 14.2. The number of hydrogen-bond donors (Lipinski definition) is 2. The van der Waals surface area contributed by atoms with Gasteiger partial charge in [0.25, 0.3) is 0 Å². The van der Waals surface area contributed by atoms with E-state index in [1.165, 1.54) is 0 Å². The molecule has 0 saturated carbocycles. The molecule has 0 aliphatic rings. The van der Waals surface area contributed by atoms with Crippen molar-refractivity contribution in [2.75, 3.05) is 0 Å². The summed E-state index contributed by atoms with van der Waals surface area (Å²) in [4.78, 5) is 12.1. The van der Waals surface area contributed by atoms with Crippen LogP contribution in [0.25, 0.3) is 0 Å². The minimum absolute atomic E-state index is 0.206. The monoisotopic (exact) mass is 428 g/mol. The van der Waals surface area contributed by atoms with E-state index in [1.54, 1.807) is 13.8 Å². The van der Waals surface area contributed by atoms with Crippen LogP contribution in [0.4, 0.5) is 13.2 Å². The number of alkyl halides is 3. The maximum atomic E-state index is 12.9. The zero-order chi connectivity index (χ0) is 21.7. The predicted octanol–water partition coefficient (Wildman–Crippen LogP) is 3.71. The fourth-order valence-corrected chi connectivity index (χ4v) is 3.98. The van der Waals surface area contributed by atoms with Crippen LogP contribution >= 0.6 is 0 Å². The van der Waals surface area contributed by atoms with Crippen molar-refractivity contribution in [3.05, 3.63) is 65.7 Å². The van der Waals surface area contributed by atoms with Gasteiger partial charge in [0.2, 0.25) is 15.9 Å². The fraction of sp³-hybridized carbons (Fsp3) is 0.350. The topological polar surface area (TPSA) is 75.3 Å². The SMILES string of the molecule is CC[C@@H](C)[C@@H](NS(=O)(=O)c1cccc(C(F)(F)F)c1)C(=O)NCc1ccccc1. The molecule has 2 atom stereocenters. The van der Waals surface area contributed by atoms with Crippen LogP contribution in [-0.2, 0) is 27.5 Å². The van der Waals surface area contributed by atoms with Gasteiger partial charge in [0, 0.05) is 6.54 Å². The lowest BCUT2D eigenvalue weighted by Gasteiger charge is -2.23. The van der Waals surface area contributed by atoms with Crippen LogP contribution in [0.5, 0.6) is 0 Å². The third-order valence-corrected chi connectivity index (χ3v) is 6.00. The molecule has 2 N–H and O–H groups in total. The Morgan fingerprint density at radius 1 is 1.07 bits per heavy atom. The quantitative estimate of drug-likeness (QED) is 0.673. The fourth-order valence-electron chi connectivity index (χ4n) is 2.63. The van der Waals surface area contributed by atoms with E-state index < -0.39 is 38.6 Å². The number of nitrogens with one attached hydrogen (secondary N) is 2. The maximum absolute atomic E-state index is 12.9. The molecule has 0 unspecified atom stereocenters. The Bertz CT molecular complexity index is 931. The van der Waals surface area contributed by atoms with E-state index >= 15 is 0 Å². The van der Waals surface area contributed by atoms with Crippen LogP contribution in [0.15, 0.2) is 59.5 Å². The molecule has 0 spiro atoms. The summed E-state index contributed by atoms with van der Waals surface area (Å²) in [7, 11) is -4.34. The van der Waals surface area contributed by atoms with Gasteiger partial charge in [0.15, 0.2) is 0 Å². The molecule has 2 rings (SSSR count). The van der Waals surface area contributed by atoms with Crippen LogP contribution in [0.3, 0.4) is 0 Å². The molecule has 5 nitrogen and oxygen atoms in total. The lowest BCUT2D eigenvalue weighted by atomic mass is 9.99. The second-order valence-corrected chi connectivity index (χ2v) is 8.43. The number of rotatable bonds is 8. The van der Waals surface area contributed by atoms with Gasteiger partial charge in [0.05, 0.1) is 10.5 Å². The molecule has 0 fully saturated rings. The number of amides is 1. The van der Waals surface area contributed by atoms with Gasteiger partial charge in [0.1, 0.15) is 6.04 Å². The molecule has 0 aliphatic carbocycles. The Hall–Kier alpha value is -2.39. The first-order valence-electron chi connectivity index (χ1n) is 9.06. The molecule has 0 bridgehead atoms. The van der Waals surface area contributed by atoms with Crippen molar-refractivity contribution < 1.29 is 26.4 Å². The highest BCUT2D eigenvalue weighted by atomic mass is 32.2. The average molecular weight is 428 g/mol. The first kappa shape index (κ1) is 22.9. The van der Waals surface area contributed by atoms with Crippen molar-refractivity contribution in [2.24, 2.45) is 5.92 Å². The smallest absolute Gasteiger partial charge is 0.351 e. The van der Waals surface area contributed by atoms with E-state index in [0.29, 0.717) is 12.5 Å². The minimum Gasteiger partial charge on any atom is -0.351 e. The van der Waals surface area contributed by atoms with Crippen molar-refractivity contribution in [1.29, 1.82) is 0 Å². The number of carbonyl (C=O) groups excluding carboxylic acids is 1. The molecule has 0 radical (unpaired) electrons. The van der Waals surface area contributed by atoms with Gasteiger partial charge < -0.3 is 5.32 Å². The van der Waals surface area contributed by atoms with Crippen molar-refractivity contribution in [1.82, 2.24) is 10.0 Å². The van der Waals surface area contributed by atoms with Crippen molar-refractivity contribution >= 4 is 15.9 Å². The molecule has 1 amide bonds. The molecule has 0 saturated heterocycles. The highest BCUT2D eigenvalue weighted by molar-refractivity contribution is 7.89. The summed E-state index contributed by atoms with van der Waals surface area (Å²) in [5.74, 6) is -0.912. The summed E-state index contributed by atoms with van der Waals surface area (Å²) < 4.78 is 66.3. The zero-order valence-corrected chi connectivity index (χ0v) is 16.8. The maximum Gasteiger partial charge on any atom is 0.416 e. The van der Waals surface area contributed by atoms with Gasteiger partial charge in [-0.3, -0.25) is 4.79 Å². The molecule has 158 valence electrons. The van der Waals surface area contributed by atoms with Crippen molar-refractivity contribution in [3.63, 3.8) is 0 Å². The predicted molar refractivity (Wildman–Crippen MR) is 103 cm³/mol. The summed E-state index contributed by atoms with van der Waals surface area (Å²) in [6.45, 7) is 3.69. The van der Waals surface area contributed by atoms with Crippen LogP contribution < -0.4 is 10.0 Å². The highest BCUT2D eigenvalue weighted by Crippen LogP contribution is 2.30. The van der Waals surface area contributed by atoms with Crippen LogP contribution in [-0.4, -0.2) is 20.4 Å².